The van der Waals surface area contributed by atoms with Crippen molar-refractivity contribution in [3.63, 3.8) is 0 Å². The van der Waals surface area contributed by atoms with Crippen LogP contribution in [0.4, 0.5) is 0 Å². The number of hydrogen-bond donors (Lipinski definition) is 1. The van der Waals surface area contributed by atoms with E-state index in [1.807, 2.05) is 26.0 Å². The fraction of sp³-hybridized carbons (Fsp3) is 0.333. The van der Waals surface area contributed by atoms with E-state index in [-0.39, 0.29) is 5.91 Å². The Kier molecular flexibility index (Phi) is 4.49. The van der Waals surface area contributed by atoms with Gasteiger partial charge in [0.25, 0.3) is 0 Å². The quantitative estimate of drug-likeness (QED) is 0.868. The number of aryl methyl sites for hydroxylation is 2. The van der Waals surface area contributed by atoms with Crippen LogP contribution in [0.2, 0.25) is 0 Å². The molecule has 1 heterocycles. The largest absolute Gasteiger partial charge is 0.480 e. The zero-order valence-corrected chi connectivity index (χ0v) is 12.3. The number of carbonyl (C=O) groups is 2. The minimum atomic E-state index is -0.941. The topological polar surface area (TPSA) is 57.6 Å². The first-order valence-corrected chi connectivity index (χ1v) is 7.51. The summed E-state index contributed by atoms with van der Waals surface area (Å²) in [5.74, 6) is -0.295. The van der Waals surface area contributed by atoms with Crippen molar-refractivity contribution in [2.24, 2.45) is 0 Å². The highest BCUT2D eigenvalue weighted by Gasteiger charge is 2.33. The number of benzene rings is 1. The molecule has 0 saturated carbocycles. The fourth-order valence-corrected chi connectivity index (χ4v) is 3.29. The molecule has 5 heteroatoms. The smallest absolute Gasteiger partial charge is 0.327 e. The Bertz CT molecular complexity index is 568. The van der Waals surface area contributed by atoms with Gasteiger partial charge in [-0.3, -0.25) is 4.79 Å². The van der Waals surface area contributed by atoms with E-state index in [0.29, 0.717) is 11.6 Å². The summed E-state index contributed by atoms with van der Waals surface area (Å²) in [6.45, 7) is 4.01. The predicted molar refractivity (Wildman–Crippen MR) is 80.5 cm³/mol. The fourth-order valence-electron chi connectivity index (χ4n) is 2.13. The number of thioether (sulfide) groups is 1. The third kappa shape index (κ3) is 3.22. The summed E-state index contributed by atoms with van der Waals surface area (Å²) in [6, 6.07) is 5.29. The zero-order chi connectivity index (χ0) is 14.7. The third-order valence-corrected chi connectivity index (χ3v) is 4.29. The Morgan fingerprint density at radius 3 is 2.80 bits per heavy atom. The molecule has 1 atom stereocenters. The van der Waals surface area contributed by atoms with Crippen LogP contribution in [0.5, 0.6) is 0 Å². The summed E-state index contributed by atoms with van der Waals surface area (Å²) in [4.78, 5) is 24.5. The molecular weight excluding hydrogens is 274 g/mol. The van der Waals surface area contributed by atoms with Crippen molar-refractivity contribution in [2.75, 3.05) is 11.6 Å². The third-order valence-electron chi connectivity index (χ3n) is 3.28. The maximum atomic E-state index is 12.1. The van der Waals surface area contributed by atoms with Gasteiger partial charge in [-0.15, -0.1) is 11.8 Å². The van der Waals surface area contributed by atoms with Gasteiger partial charge in [-0.1, -0.05) is 23.8 Å². The van der Waals surface area contributed by atoms with E-state index in [4.69, 9.17) is 5.11 Å². The summed E-state index contributed by atoms with van der Waals surface area (Å²) in [6.07, 6.45) is 3.21. The molecule has 1 aliphatic rings. The highest BCUT2D eigenvalue weighted by atomic mass is 32.2. The number of hydrogen-bond acceptors (Lipinski definition) is 3. The first kappa shape index (κ1) is 14.7. The Labute approximate surface area is 122 Å². The second-order valence-corrected chi connectivity index (χ2v) is 5.86. The molecule has 106 valence electrons. The molecule has 0 radical (unpaired) electrons. The van der Waals surface area contributed by atoms with E-state index in [1.54, 1.807) is 6.08 Å². The molecule has 1 aliphatic heterocycles. The van der Waals surface area contributed by atoms with E-state index in [1.165, 1.54) is 28.3 Å². The molecule has 4 nitrogen and oxygen atoms in total. The molecule has 1 fully saturated rings. The van der Waals surface area contributed by atoms with Crippen molar-refractivity contribution in [3.05, 3.63) is 41.0 Å². The first-order valence-electron chi connectivity index (χ1n) is 6.35. The summed E-state index contributed by atoms with van der Waals surface area (Å²) < 4.78 is 0. The normalized spacial score (nSPS) is 18.7. The molecule has 1 N–H and O–H groups in total. The number of carbonyl (C=O) groups excluding carboxylic acids is 1. The molecule has 0 aliphatic carbocycles. The van der Waals surface area contributed by atoms with Crippen LogP contribution in [0.1, 0.15) is 16.7 Å². The van der Waals surface area contributed by atoms with Gasteiger partial charge in [-0.05, 0) is 31.1 Å². The van der Waals surface area contributed by atoms with Gasteiger partial charge in [0, 0.05) is 11.8 Å². The van der Waals surface area contributed by atoms with Crippen molar-refractivity contribution < 1.29 is 14.7 Å². The number of rotatable bonds is 3. The lowest BCUT2D eigenvalue weighted by atomic mass is 10.1. The molecule has 2 rings (SSSR count). The van der Waals surface area contributed by atoms with Crippen molar-refractivity contribution in [1.29, 1.82) is 0 Å². The van der Waals surface area contributed by atoms with Gasteiger partial charge in [0.1, 0.15) is 6.04 Å². The number of nitrogens with zero attached hydrogens (tertiary/aromatic N) is 1. The second kappa shape index (κ2) is 6.13. The molecule has 20 heavy (non-hydrogen) atoms. The monoisotopic (exact) mass is 291 g/mol. The summed E-state index contributed by atoms with van der Waals surface area (Å²) in [5, 5.41) is 9.06. The Hall–Kier alpha value is -1.75. The standard InChI is InChI=1S/C15H17NO3S/c1-10-3-4-12(11(2)7-10)5-6-14(17)16-9-20-8-13(16)15(18)19/h3-7,13H,8-9H2,1-2H3,(H,18,19)/b6-5+. The maximum absolute atomic E-state index is 12.1. The lowest BCUT2D eigenvalue weighted by Crippen LogP contribution is -2.40. The highest BCUT2D eigenvalue weighted by Crippen LogP contribution is 2.21. The number of carboxylic acid groups (broad SMARTS) is 1. The lowest BCUT2D eigenvalue weighted by molar-refractivity contribution is -0.146. The van der Waals surface area contributed by atoms with Crippen LogP contribution in [0, 0.1) is 13.8 Å². The van der Waals surface area contributed by atoms with Crippen molar-refractivity contribution in [2.45, 2.75) is 19.9 Å². The van der Waals surface area contributed by atoms with Gasteiger partial charge >= 0.3 is 5.97 Å². The van der Waals surface area contributed by atoms with E-state index in [2.05, 4.69) is 6.07 Å². The second-order valence-electron chi connectivity index (χ2n) is 4.86. The summed E-state index contributed by atoms with van der Waals surface area (Å²) in [7, 11) is 0. The SMILES string of the molecule is Cc1ccc(/C=C/C(=O)N2CSCC2C(=O)O)c(C)c1. The van der Waals surface area contributed by atoms with Gasteiger partial charge in [0.05, 0.1) is 5.88 Å². The Balaban J connectivity index is 2.11. The minimum Gasteiger partial charge on any atom is -0.480 e. The van der Waals surface area contributed by atoms with Crippen molar-refractivity contribution in [1.82, 2.24) is 4.90 Å². The van der Waals surface area contributed by atoms with E-state index in [0.717, 1.165) is 11.1 Å². The lowest BCUT2D eigenvalue weighted by Gasteiger charge is -2.18. The average Bonchev–Trinajstić information content (AvgIpc) is 2.86. The van der Waals surface area contributed by atoms with Crippen LogP contribution in [0.3, 0.4) is 0 Å². The van der Waals surface area contributed by atoms with E-state index < -0.39 is 12.0 Å². The molecule has 1 unspecified atom stereocenters. The maximum Gasteiger partial charge on any atom is 0.327 e. The van der Waals surface area contributed by atoms with Crippen LogP contribution >= 0.6 is 11.8 Å². The molecule has 1 aromatic rings. The molecular formula is C15H17NO3S. The van der Waals surface area contributed by atoms with Crippen LogP contribution < -0.4 is 0 Å². The van der Waals surface area contributed by atoms with Gasteiger partial charge < -0.3 is 10.0 Å². The van der Waals surface area contributed by atoms with E-state index in [9.17, 15) is 9.59 Å². The predicted octanol–water partition coefficient (Wildman–Crippen LogP) is 2.30. The first-order chi connectivity index (χ1) is 9.49. The van der Waals surface area contributed by atoms with Gasteiger partial charge in [-0.25, -0.2) is 4.79 Å². The van der Waals surface area contributed by atoms with Crippen molar-refractivity contribution in [3.8, 4) is 0 Å². The molecule has 1 saturated heterocycles. The molecule has 0 spiro atoms. The highest BCUT2D eigenvalue weighted by molar-refractivity contribution is 7.99. The number of carboxylic acids is 1. The molecule has 0 aromatic heterocycles. The van der Waals surface area contributed by atoms with Crippen LogP contribution in [-0.2, 0) is 9.59 Å². The van der Waals surface area contributed by atoms with Crippen LogP contribution in [0.15, 0.2) is 24.3 Å². The van der Waals surface area contributed by atoms with Gasteiger partial charge in [0.15, 0.2) is 0 Å². The average molecular weight is 291 g/mol. The summed E-state index contributed by atoms with van der Waals surface area (Å²) in [5.41, 5.74) is 3.25. The van der Waals surface area contributed by atoms with E-state index >= 15 is 0 Å². The Morgan fingerprint density at radius 2 is 2.15 bits per heavy atom. The molecule has 0 bridgehead atoms. The number of amides is 1. The van der Waals surface area contributed by atoms with Gasteiger partial charge in [0.2, 0.25) is 5.91 Å². The van der Waals surface area contributed by atoms with Crippen LogP contribution in [-0.4, -0.2) is 39.6 Å². The molecule has 1 amide bonds. The minimum absolute atomic E-state index is 0.248. The Morgan fingerprint density at radius 1 is 1.40 bits per heavy atom. The summed E-state index contributed by atoms with van der Waals surface area (Å²) >= 11 is 1.46. The van der Waals surface area contributed by atoms with Crippen molar-refractivity contribution >= 4 is 29.7 Å². The zero-order valence-electron chi connectivity index (χ0n) is 11.5. The van der Waals surface area contributed by atoms with Gasteiger partial charge in [-0.2, -0.15) is 0 Å². The molecule has 1 aromatic carbocycles. The van der Waals surface area contributed by atoms with Crippen LogP contribution in [0.25, 0.3) is 6.08 Å². The number of aliphatic carboxylic acids is 1.